The molecule has 196 valence electrons. The van der Waals surface area contributed by atoms with Crippen molar-refractivity contribution in [3.05, 3.63) is 107 Å². The predicted octanol–water partition coefficient (Wildman–Crippen LogP) is 2.65. The monoisotopic (exact) mass is 513 g/mol. The maximum absolute atomic E-state index is 14.5. The van der Waals surface area contributed by atoms with E-state index in [1.165, 1.54) is 0 Å². The lowest BCUT2D eigenvalue weighted by atomic mass is 9.81. The van der Waals surface area contributed by atoms with Crippen molar-refractivity contribution in [2.24, 2.45) is 4.99 Å². The third-order valence-electron chi connectivity index (χ3n) is 6.80. The van der Waals surface area contributed by atoms with E-state index in [4.69, 9.17) is 19.6 Å². The van der Waals surface area contributed by atoms with Gasteiger partial charge in [-0.15, -0.1) is 0 Å². The SMILES string of the molecule is O=C(CN1Cc2ccccc2[C@@H]2OC(c3ccccc3)=N[C@]2(Cc2ccccc2)C1=O)NCCOCCO. The molecule has 8 nitrogen and oxygen atoms in total. The first-order valence-corrected chi connectivity index (χ1v) is 12.8. The Morgan fingerprint density at radius 3 is 2.50 bits per heavy atom. The van der Waals surface area contributed by atoms with Crippen molar-refractivity contribution in [3.63, 3.8) is 0 Å². The third-order valence-corrected chi connectivity index (χ3v) is 6.80. The summed E-state index contributed by atoms with van der Waals surface area (Å²) < 4.78 is 11.7. The zero-order valence-electron chi connectivity index (χ0n) is 21.1. The van der Waals surface area contributed by atoms with Crippen molar-refractivity contribution >= 4 is 17.7 Å². The highest BCUT2D eigenvalue weighted by Gasteiger charge is 2.56. The van der Waals surface area contributed by atoms with Gasteiger partial charge in [0.1, 0.15) is 0 Å². The van der Waals surface area contributed by atoms with E-state index >= 15 is 0 Å². The molecular formula is C30H31N3O5. The molecule has 0 spiro atoms. The molecule has 3 aromatic rings. The number of carbonyl (C=O) groups excluding carboxylic acids is 2. The zero-order chi connectivity index (χ0) is 26.4. The molecule has 0 saturated heterocycles. The van der Waals surface area contributed by atoms with Gasteiger partial charge in [0.15, 0.2) is 11.6 Å². The molecule has 38 heavy (non-hydrogen) atoms. The third kappa shape index (κ3) is 5.32. The van der Waals surface area contributed by atoms with Crippen LogP contribution in [0.2, 0.25) is 0 Å². The number of aliphatic hydroxyl groups excluding tert-OH is 1. The predicted molar refractivity (Wildman–Crippen MR) is 142 cm³/mol. The van der Waals surface area contributed by atoms with E-state index in [9.17, 15) is 9.59 Å². The molecule has 2 aliphatic rings. The fourth-order valence-corrected chi connectivity index (χ4v) is 5.06. The standard InChI is InChI=1S/C30H31N3O5/c34-16-18-37-17-15-31-26(35)21-33-20-24-13-7-8-14-25(24)27-30(29(33)36,19-22-9-3-1-4-10-22)32-28(38-27)23-11-5-2-6-12-23/h1-14,27,34H,15-21H2,(H,31,35)/t27-,30-/m0/s1. The van der Waals surface area contributed by atoms with Crippen LogP contribution in [-0.4, -0.2) is 66.2 Å². The second-order valence-corrected chi connectivity index (χ2v) is 9.41. The summed E-state index contributed by atoms with van der Waals surface area (Å²) in [6.07, 6.45) is -0.309. The van der Waals surface area contributed by atoms with Crippen LogP contribution in [0.1, 0.15) is 28.4 Å². The second kappa shape index (κ2) is 11.6. The van der Waals surface area contributed by atoms with Crippen molar-refractivity contribution in [2.45, 2.75) is 24.6 Å². The highest BCUT2D eigenvalue weighted by molar-refractivity contribution is 6.02. The lowest BCUT2D eigenvalue weighted by Crippen LogP contribution is -2.52. The number of nitrogens with zero attached hydrogens (tertiary/aromatic N) is 2. The molecule has 3 aromatic carbocycles. The molecule has 0 fully saturated rings. The quantitative estimate of drug-likeness (QED) is 0.406. The average molecular weight is 514 g/mol. The molecule has 2 N–H and O–H groups in total. The molecule has 2 heterocycles. The largest absolute Gasteiger partial charge is 0.466 e. The first-order chi connectivity index (χ1) is 18.6. The van der Waals surface area contributed by atoms with E-state index in [1.54, 1.807) is 4.90 Å². The molecule has 5 rings (SSSR count). The van der Waals surface area contributed by atoms with E-state index in [0.717, 1.165) is 22.3 Å². The number of ether oxygens (including phenoxy) is 2. The van der Waals surface area contributed by atoms with Gasteiger partial charge in [-0.25, -0.2) is 4.99 Å². The first-order valence-electron chi connectivity index (χ1n) is 12.8. The van der Waals surface area contributed by atoms with Crippen LogP contribution in [0.4, 0.5) is 0 Å². The van der Waals surface area contributed by atoms with Gasteiger partial charge < -0.3 is 24.8 Å². The molecular weight excluding hydrogens is 482 g/mol. The number of carbonyl (C=O) groups is 2. The minimum Gasteiger partial charge on any atom is -0.466 e. The highest BCUT2D eigenvalue weighted by atomic mass is 16.5. The topological polar surface area (TPSA) is 100 Å². The van der Waals surface area contributed by atoms with Gasteiger partial charge in [-0.1, -0.05) is 72.8 Å². The smallest absolute Gasteiger partial charge is 0.256 e. The van der Waals surface area contributed by atoms with E-state index in [2.05, 4.69) is 5.32 Å². The molecule has 2 aliphatic heterocycles. The van der Waals surface area contributed by atoms with Crippen LogP contribution < -0.4 is 5.32 Å². The Labute approximate surface area is 221 Å². The van der Waals surface area contributed by atoms with Crippen LogP contribution in [0.15, 0.2) is 89.9 Å². The summed E-state index contributed by atoms with van der Waals surface area (Å²) in [5.74, 6) is -0.120. The minimum atomic E-state index is -1.27. The molecule has 0 aromatic heterocycles. The van der Waals surface area contributed by atoms with Gasteiger partial charge in [-0.05, 0) is 23.3 Å². The van der Waals surface area contributed by atoms with Crippen molar-refractivity contribution < 1.29 is 24.2 Å². The molecule has 8 heteroatoms. The van der Waals surface area contributed by atoms with Crippen LogP contribution in [0.5, 0.6) is 0 Å². The number of rotatable bonds is 10. The number of hydrogen-bond acceptors (Lipinski definition) is 6. The van der Waals surface area contributed by atoms with Crippen LogP contribution in [0, 0.1) is 0 Å². The van der Waals surface area contributed by atoms with E-state index in [1.807, 2.05) is 84.9 Å². The van der Waals surface area contributed by atoms with Crippen molar-refractivity contribution in [3.8, 4) is 0 Å². The van der Waals surface area contributed by atoms with Gasteiger partial charge in [-0.2, -0.15) is 0 Å². The molecule has 2 atom stereocenters. The van der Waals surface area contributed by atoms with Crippen molar-refractivity contribution in [2.75, 3.05) is 32.9 Å². The first kappa shape index (κ1) is 25.6. The number of nitrogens with one attached hydrogen (secondary N) is 1. The summed E-state index contributed by atoms with van der Waals surface area (Å²) in [5.41, 5.74) is 2.29. The Balaban J connectivity index is 1.52. The van der Waals surface area contributed by atoms with E-state index in [-0.39, 0.29) is 51.3 Å². The van der Waals surface area contributed by atoms with Gasteiger partial charge in [0.25, 0.3) is 5.91 Å². The minimum absolute atomic E-state index is 0.0755. The second-order valence-electron chi connectivity index (χ2n) is 9.41. The lowest BCUT2D eigenvalue weighted by Gasteiger charge is -2.32. The number of aliphatic imine (C=N–C) groups is 1. The fourth-order valence-electron chi connectivity index (χ4n) is 5.06. The maximum Gasteiger partial charge on any atom is 0.256 e. The lowest BCUT2D eigenvalue weighted by molar-refractivity contribution is -0.143. The van der Waals surface area contributed by atoms with Gasteiger partial charge in [0.05, 0.1) is 26.4 Å². The number of benzene rings is 3. The Hall–Kier alpha value is -4.01. The Kier molecular flexibility index (Phi) is 7.81. The molecule has 0 unspecified atom stereocenters. The van der Waals surface area contributed by atoms with Gasteiger partial charge in [0, 0.05) is 30.6 Å². The van der Waals surface area contributed by atoms with Crippen LogP contribution >= 0.6 is 0 Å². The molecule has 0 radical (unpaired) electrons. The fraction of sp³-hybridized carbons (Fsp3) is 0.300. The molecule has 2 amide bonds. The summed E-state index contributed by atoms with van der Waals surface area (Å²) in [6, 6.07) is 27.2. The van der Waals surface area contributed by atoms with Crippen LogP contribution in [-0.2, 0) is 32.0 Å². The van der Waals surface area contributed by atoms with Gasteiger partial charge in [-0.3, -0.25) is 9.59 Å². The van der Waals surface area contributed by atoms with Gasteiger partial charge >= 0.3 is 0 Å². The summed E-state index contributed by atoms with van der Waals surface area (Å²) in [7, 11) is 0. The molecule has 0 saturated carbocycles. The summed E-state index contributed by atoms with van der Waals surface area (Å²) in [6.45, 7) is 0.856. The van der Waals surface area contributed by atoms with Gasteiger partial charge in [0.2, 0.25) is 11.8 Å². The average Bonchev–Trinajstić information content (AvgIpc) is 3.30. The van der Waals surface area contributed by atoms with E-state index in [0.29, 0.717) is 12.3 Å². The van der Waals surface area contributed by atoms with Crippen LogP contribution in [0.25, 0.3) is 0 Å². The number of hydrogen-bond donors (Lipinski definition) is 2. The number of fused-ring (bicyclic) bond motifs is 3. The zero-order valence-corrected chi connectivity index (χ0v) is 21.1. The molecule has 0 bridgehead atoms. The summed E-state index contributed by atoms with van der Waals surface area (Å²) in [5, 5.41) is 11.6. The normalized spacial score (nSPS) is 20.1. The number of amides is 2. The summed E-state index contributed by atoms with van der Waals surface area (Å²) >= 11 is 0. The Morgan fingerprint density at radius 2 is 1.74 bits per heavy atom. The maximum atomic E-state index is 14.5. The highest BCUT2D eigenvalue weighted by Crippen LogP contribution is 2.46. The van der Waals surface area contributed by atoms with Crippen molar-refractivity contribution in [1.29, 1.82) is 0 Å². The Bertz CT molecular complexity index is 1300. The Morgan fingerprint density at radius 1 is 1.03 bits per heavy atom. The van der Waals surface area contributed by atoms with Crippen molar-refractivity contribution in [1.82, 2.24) is 10.2 Å². The van der Waals surface area contributed by atoms with Crippen LogP contribution in [0.3, 0.4) is 0 Å². The molecule has 0 aliphatic carbocycles. The van der Waals surface area contributed by atoms with E-state index < -0.39 is 11.6 Å². The summed E-state index contributed by atoms with van der Waals surface area (Å²) in [4.78, 5) is 33.9. The number of aliphatic hydroxyl groups is 1.